The molecule has 0 aromatic heterocycles. The van der Waals surface area contributed by atoms with Crippen LogP contribution in [0.2, 0.25) is 0 Å². The van der Waals surface area contributed by atoms with Crippen LogP contribution in [0.5, 0.6) is 5.75 Å². The van der Waals surface area contributed by atoms with Crippen molar-refractivity contribution >= 4 is 11.9 Å². The molecule has 4 nitrogen and oxygen atoms in total. The molecular weight excluding hydrogens is 196 g/mol. The fourth-order valence-corrected chi connectivity index (χ4v) is 0.959. The molecule has 15 heavy (non-hydrogen) atoms. The fourth-order valence-electron chi connectivity index (χ4n) is 0.959. The number of ether oxygens (including phenoxy) is 2. The first-order valence-corrected chi connectivity index (χ1v) is 4.35. The zero-order chi connectivity index (χ0) is 11.3. The fraction of sp³-hybridized carbons (Fsp3) is 0.182. The predicted molar refractivity (Wildman–Crippen MR) is 53.4 cm³/mol. The van der Waals surface area contributed by atoms with Gasteiger partial charge in [0.15, 0.2) is 0 Å². The minimum Gasteiger partial charge on any atom is -0.465 e. The Bertz CT molecular complexity index is 353. The molecule has 0 aliphatic rings. The Balaban J connectivity index is 2.72. The molecule has 4 heteroatoms. The molecule has 0 aliphatic carbocycles. The standard InChI is InChI=1S/C11H11O4/c1-3-10(12)15-9-6-4-8(5-7-9)11(13)14-2/h4-7H,1,3H2,2H3. The highest BCUT2D eigenvalue weighted by molar-refractivity contribution is 5.89. The Labute approximate surface area is 87.8 Å². The summed E-state index contributed by atoms with van der Waals surface area (Å²) in [6.07, 6.45) is 0.0682. The van der Waals surface area contributed by atoms with Crippen molar-refractivity contribution in [1.82, 2.24) is 0 Å². The Kier molecular flexibility index (Phi) is 3.85. The van der Waals surface area contributed by atoms with Crippen molar-refractivity contribution in [2.24, 2.45) is 0 Å². The van der Waals surface area contributed by atoms with E-state index in [1.807, 2.05) is 0 Å². The van der Waals surface area contributed by atoms with Crippen LogP contribution in [-0.4, -0.2) is 19.0 Å². The van der Waals surface area contributed by atoms with Gasteiger partial charge in [0.05, 0.1) is 12.7 Å². The summed E-state index contributed by atoms with van der Waals surface area (Å²) in [4.78, 5) is 21.9. The maximum atomic E-state index is 11.1. The van der Waals surface area contributed by atoms with Crippen LogP contribution in [-0.2, 0) is 9.53 Å². The number of hydrogen-bond acceptors (Lipinski definition) is 4. The second kappa shape index (κ2) is 5.14. The summed E-state index contributed by atoms with van der Waals surface area (Å²) in [6.45, 7) is 3.39. The number of rotatable bonds is 3. The van der Waals surface area contributed by atoms with Crippen LogP contribution < -0.4 is 4.74 Å². The summed E-state index contributed by atoms with van der Waals surface area (Å²) in [7, 11) is 1.30. The minimum atomic E-state index is -0.426. The number of hydrogen-bond donors (Lipinski definition) is 0. The molecule has 0 spiro atoms. The van der Waals surface area contributed by atoms with E-state index in [0.29, 0.717) is 11.3 Å². The second-order valence-electron chi connectivity index (χ2n) is 2.74. The van der Waals surface area contributed by atoms with E-state index in [2.05, 4.69) is 11.7 Å². The van der Waals surface area contributed by atoms with E-state index in [9.17, 15) is 9.59 Å². The molecule has 0 fully saturated rings. The summed E-state index contributed by atoms with van der Waals surface area (Å²) < 4.78 is 9.40. The number of carbonyl (C=O) groups is 2. The van der Waals surface area contributed by atoms with Gasteiger partial charge in [-0.3, -0.25) is 4.79 Å². The van der Waals surface area contributed by atoms with E-state index < -0.39 is 11.9 Å². The number of carbonyl (C=O) groups excluding carboxylic acids is 2. The molecule has 0 unspecified atom stereocenters. The van der Waals surface area contributed by atoms with Crippen LogP contribution in [0, 0.1) is 6.92 Å². The van der Waals surface area contributed by atoms with E-state index in [1.54, 1.807) is 0 Å². The van der Waals surface area contributed by atoms with Crippen molar-refractivity contribution in [2.75, 3.05) is 7.11 Å². The molecule has 0 amide bonds. The van der Waals surface area contributed by atoms with Crippen LogP contribution in [0.25, 0.3) is 0 Å². The topological polar surface area (TPSA) is 52.6 Å². The van der Waals surface area contributed by atoms with Crippen LogP contribution in [0.15, 0.2) is 24.3 Å². The van der Waals surface area contributed by atoms with Crippen molar-refractivity contribution in [3.05, 3.63) is 36.8 Å². The Morgan fingerprint density at radius 2 is 1.87 bits per heavy atom. The third kappa shape index (κ3) is 3.09. The molecule has 1 aromatic rings. The molecule has 79 valence electrons. The molecule has 0 saturated carbocycles. The van der Waals surface area contributed by atoms with Crippen molar-refractivity contribution in [3.8, 4) is 5.75 Å². The molecule has 0 atom stereocenters. The summed E-state index contributed by atoms with van der Waals surface area (Å²) in [6, 6.07) is 6.11. The highest BCUT2D eigenvalue weighted by atomic mass is 16.5. The first-order chi connectivity index (χ1) is 7.17. The Hall–Kier alpha value is -1.84. The van der Waals surface area contributed by atoms with Crippen molar-refractivity contribution in [3.63, 3.8) is 0 Å². The monoisotopic (exact) mass is 207 g/mol. The number of esters is 2. The lowest BCUT2D eigenvalue weighted by Gasteiger charge is -2.03. The summed E-state index contributed by atoms with van der Waals surface area (Å²) in [5.74, 6) is -0.456. The van der Waals surface area contributed by atoms with Gasteiger partial charge in [0, 0.05) is 6.42 Å². The highest BCUT2D eigenvalue weighted by Gasteiger charge is 2.06. The van der Waals surface area contributed by atoms with E-state index in [1.165, 1.54) is 31.4 Å². The van der Waals surface area contributed by atoms with Gasteiger partial charge in [-0.15, -0.1) is 0 Å². The quantitative estimate of drug-likeness (QED) is 0.558. The molecule has 0 aliphatic heterocycles. The van der Waals surface area contributed by atoms with E-state index in [-0.39, 0.29) is 6.42 Å². The minimum absolute atomic E-state index is 0.0682. The third-order valence-electron chi connectivity index (χ3n) is 1.71. The van der Waals surface area contributed by atoms with Gasteiger partial charge in [0.25, 0.3) is 0 Å². The van der Waals surface area contributed by atoms with Gasteiger partial charge in [-0.2, -0.15) is 0 Å². The number of methoxy groups -OCH3 is 1. The molecule has 0 saturated heterocycles. The van der Waals surface area contributed by atoms with Gasteiger partial charge in [0.1, 0.15) is 5.75 Å². The van der Waals surface area contributed by atoms with Crippen LogP contribution in [0.3, 0.4) is 0 Å². The average Bonchev–Trinajstić information content (AvgIpc) is 2.29. The zero-order valence-electron chi connectivity index (χ0n) is 8.36. The average molecular weight is 207 g/mol. The van der Waals surface area contributed by atoms with Crippen LogP contribution in [0.1, 0.15) is 16.8 Å². The Morgan fingerprint density at radius 1 is 1.27 bits per heavy atom. The normalized spacial score (nSPS) is 9.47. The van der Waals surface area contributed by atoms with Crippen LogP contribution in [0.4, 0.5) is 0 Å². The smallest absolute Gasteiger partial charge is 0.337 e. The molecule has 0 bridgehead atoms. The lowest BCUT2D eigenvalue weighted by molar-refractivity contribution is -0.133. The zero-order valence-corrected chi connectivity index (χ0v) is 8.36. The van der Waals surface area contributed by atoms with Crippen molar-refractivity contribution < 1.29 is 19.1 Å². The maximum absolute atomic E-state index is 11.1. The van der Waals surface area contributed by atoms with Crippen molar-refractivity contribution in [2.45, 2.75) is 6.42 Å². The van der Waals surface area contributed by atoms with Gasteiger partial charge < -0.3 is 9.47 Å². The number of benzene rings is 1. The largest absolute Gasteiger partial charge is 0.465 e. The van der Waals surface area contributed by atoms with E-state index in [0.717, 1.165) is 0 Å². The SMILES string of the molecule is [CH2]CC(=O)Oc1ccc(C(=O)OC)cc1. The molecule has 1 aromatic carbocycles. The van der Waals surface area contributed by atoms with Gasteiger partial charge in [-0.25, -0.2) is 4.79 Å². The predicted octanol–water partition coefficient (Wildman–Crippen LogP) is 1.60. The highest BCUT2D eigenvalue weighted by Crippen LogP contribution is 2.13. The second-order valence-corrected chi connectivity index (χ2v) is 2.74. The first kappa shape index (κ1) is 11.2. The van der Waals surface area contributed by atoms with Gasteiger partial charge >= 0.3 is 11.9 Å². The maximum Gasteiger partial charge on any atom is 0.337 e. The van der Waals surface area contributed by atoms with Gasteiger partial charge in [-0.05, 0) is 31.2 Å². The van der Waals surface area contributed by atoms with E-state index in [4.69, 9.17) is 4.74 Å². The molecule has 0 heterocycles. The lowest BCUT2D eigenvalue weighted by atomic mass is 10.2. The third-order valence-corrected chi connectivity index (χ3v) is 1.71. The molecule has 1 rings (SSSR count). The lowest BCUT2D eigenvalue weighted by Crippen LogP contribution is -2.06. The van der Waals surface area contributed by atoms with E-state index >= 15 is 0 Å². The molecule has 0 N–H and O–H groups in total. The van der Waals surface area contributed by atoms with Gasteiger partial charge in [0.2, 0.25) is 0 Å². The van der Waals surface area contributed by atoms with Gasteiger partial charge in [-0.1, -0.05) is 0 Å². The summed E-state index contributed by atoms with van der Waals surface area (Å²) in [5.41, 5.74) is 0.409. The Morgan fingerprint density at radius 3 is 2.33 bits per heavy atom. The van der Waals surface area contributed by atoms with Crippen LogP contribution >= 0.6 is 0 Å². The first-order valence-electron chi connectivity index (χ1n) is 4.35. The summed E-state index contributed by atoms with van der Waals surface area (Å²) in [5, 5.41) is 0. The molecular formula is C11H11O4. The molecule has 1 radical (unpaired) electrons. The van der Waals surface area contributed by atoms with Crippen molar-refractivity contribution in [1.29, 1.82) is 0 Å². The summed E-state index contributed by atoms with van der Waals surface area (Å²) >= 11 is 0.